The van der Waals surface area contributed by atoms with Crippen LogP contribution in [-0.4, -0.2) is 4.98 Å². The van der Waals surface area contributed by atoms with Crippen molar-refractivity contribution < 1.29 is 4.42 Å². The van der Waals surface area contributed by atoms with Crippen molar-refractivity contribution in [1.82, 2.24) is 4.98 Å². The fourth-order valence-electron chi connectivity index (χ4n) is 7.35. The number of anilines is 3. The maximum Gasteiger partial charge on any atom is 0.137 e. The van der Waals surface area contributed by atoms with Gasteiger partial charge < -0.3 is 9.32 Å². The van der Waals surface area contributed by atoms with E-state index in [4.69, 9.17) is 9.40 Å². The number of furan rings is 1. The quantitative estimate of drug-likeness (QED) is 0.166. The number of thiazole rings is 1. The highest BCUT2D eigenvalue weighted by molar-refractivity contribution is 7.22. The summed E-state index contributed by atoms with van der Waals surface area (Å²) in [6.07, 6.45) is 0. The van der Waals surface area contributed by atoms with E-state index in [0.717, 1.165) is 70.9 Å². The van der Waals surface area contributed by atoms with E-state index in [-0.39, 0.29) is 0 Å². The molecule has 0 N–H and O–H groups in total. The van der Waals surface area contributed by atoms with Crippen LogP contribution in [0.15, 0.2) is 199 Å². The van der Waals surface area contributed by atoms with Crippen LogP contribution in [0.5, 0.6) is 0 Å². The average molecular weight is 697 g/mol. The van der Waals surface area contributed by atoms with Gasteiger partial charge in [-0.1, -0.05) is 133 Å². The largest absolute Gasteiger partial charge is 0.456 e. The van der Waals surface area contributed by atoms with Gasteiger partial charge in [0.2, 0.25) is 0 Å². The number of nitrogens with zero attached hydrogens (tertiary/aromatic N) is 2. The maximum atomic E-state index is 6.46. The van der Waals surface area contributed by atoms with Crippen LogP contribution < -0.4 is 4.90 Å². The van der Waals surface area contributed by atoms with Gasteiger partial charge in [0.25, 0.3) is 0 Å². The second-order valence-corrected chi connectivity index (χ2v) is 14.2. The van der Waals surface area contributed by atoms with E-state index in [0.29, 0.717) is 0 Å². The number of rotatable bonds is 7. The van der Waals surface area contributed by atoms with Crippen molar-refractivity contribution in [3.8, 4) is 44.0 Å². The second kappa shape index (κ2) is 13.1. The van der Waals surface area contributed by atoms with E-state index >= 15 is 0 Å². The second-order valence-electron chi connectivity index (χ2n) is 13.2. The molecule has 0 aliphatic heterocycles. The molecule has 0 fully saturated rings. The summed E-state index contributed by atoms with van der Waals surface area (Å²) in [4.78, 5) is 7.27. The zero-order valence-electron chi connectivity index (χ0n) is 28.7. The molecule has 2 aromatic heterocycles. The first-order chi connectivity index (χ1) is 26.3. The van der Waals surface area contributed by atoms with Gasteiger partial charge in [-0.05, 0) is 94.0 Å². The molecule has 0 aliphatic carbocycles. The Kier molecular flexibility index (Phi) is 7.67. The minimum atomic E-state index is 0.878. The van der Waals surface area contributed by atoms with Crippen molar-refractivity contribution in [3.05, 3.63) is 194 Å². The van der Waals surface area contributed by atoms with Crippen LogP contribution in [0.4, 0.5) is 17.1 Å². The third-order valence-corrected chi connectivity index (χ3v) is 11.1. The number of hydrogen-bond donors (Lipinski definition) is 0. The monoisotopic (exact) mass is 696 g/mol. The number of aromatic nitrogens is 1. The van der Waals surface area contributed by atoms with Crippen LogP contribution in [0.2, 0.25) is 0 Å². The lowest BCUT2D eigenvalue weighted by Gasteiger charge is -2.26. The molecular weight excluding hydrogens is 665 g/mol. The van der Waals surface area contributed by atoms with Crippen molar-refractivity contribution in [2.75, 3.05) is 4.90 Å². The molecule has 0 aliphatic rings. The first-order valence-electron chi connectivity index (χ1n) is 17.8. The Bertz CT molecular complexity index is 2860. The molecule has 53 heavy (non-hydrogen) atoms. The molecular formula is C49H32N2OS. The molecule has 0 radical (unpaired) electrons. The Morgan fingerprint density at radius 1 is 0.415 bits per heavy atom. The summed E-state index contributed by atoms with van der Waals surface area (Å²) >= 11 is 1.72. The van der Waals surface area contributed by atoms with Crippen molar-refractivity contribution in [1.29, 1.82) is 0 Å². The Morgan fingerprint density at radius 2 is 0.943 bits per heavy atom. The summed E-state index contributed by atoms with van der Waals surface area (Å²) < 4.78 is 7.62. The predicted octanol–water partition coefficient (Wildman–Crippen LogP) is 14.3. The fraction of sp³-hybridized carbons (Fsp3) is 0. The van der Waals surface area contributed by atoms with Gasteiger partial charge in [-0.2, -0.15) is 0 Å². The van der Waals surface area contributed by atoms with Gasteiger partial charge in [0.1, 0.15) is 16.2 Å². The molecule has 0 amide bonds. The zero-order chi connectivity index (χ0) is 35.1. The van der Waals surface area contributed by atoms with Crippen LogP contribution in [0.25, 0.3) is 76.1 Å². The van der Waals surface area contributed by atoms with Gasteiger partial charge in [-0.3, -0.25) is 0 Å². The van der Waals surface area contributed by atoms with E-state index in [9.17, 15) is 0 Å². The summed E-state index contributed by atoms with van der Waals surface area (Å²) in [5.41, 5.74) is 14.3. The molecule has 0 bridgehead atoms. The first kappa shape index (κ1) is 31.0. The summed E-state index contributed by atoms with van der Waals surface area (Å²) in [5.74, 6) is 0. The van der Waals surface area contributed by atoms with Crippen LogP contribution in [-0.2, 0) is 0 Å². The van der Waals surface area contributed by atoms with Crippen molar-refractivity contribution in [2.24, 2.45) is 0 Å². The summed E-state index contributed by atoms with van der Waals surface area (Å²) in [6, 6.07) is 68.5. The van der Waals surface area contributed by atoms with E-state index in [2.05, 4.69) is 187 Å². The Balaban J connectivity index is 0.985. The lowest BCUT2D eigenvalue weighted by Crippen LogP contribution is -2.09. The van der Waals surface area contributed by atoms with Gasteiger partial charge in [0.15, 0.2) is 0 Å². The Morgan fingerprint density at radius 3 is 1.60 bits per heavy atom. The van der Waals surface area contributed by atoms with Gasteiger partial charge in [0, 0.05) is 33.4 Å². The maximum absolute atomic E-state index is 6.46. The van der Waals surface area contributed by atoms with Crippen molar-refractivity contribution in [2.45, 2.75) is 0 Å². The average Bonchev–Trinajstić information content (AvgIpc) is 3.84. The summed E-state index contributed by atoms with van der Waals surface area (Å²) in [6.45, 7) is 0. The molecule has 250 valence electrons. The van der Waals surface area contributed by atoms with E-state index < -0.39 is 0 Å². The fourth-order valence-corrected chi connectivity index (χ4v) is 8.47. The van der Waals surface area contributed by atoms with Crippen LogP contribution in [0.3, 0.4) is 0 Å². The minimum absolute atomic E-state index is 0.878. The molecule has 8 aromatic carbocycles. The summed E-state index contributed by atoms with van der Waals surface area (Å²) in [5, 5.41) is 3.26. The third kappa shape index (κ3) is 5.66. The minimum Gasteiger partial charge on any atom is -0.456 e. The van der Waals surface area contributed by atoms with Crippen molar-refractivity contribution >= 4 is 60.6 Å². The normalized spacial score (nSPS) is 11.4. The standard InChI is InChI=1S/C49H32N2OS/c1-4-12-34(13-5-1)41-18-10-11-19-42(41)35-22-27-40(28-23-35)51(38-16-8-3-9-17-38)39-25-20-33(21-26-39)37-24-29-43-46(32-37)52-45-31-30-44-48(47(43)45)53-49(50-44)36-14-6-2-7-15-36/h1-32H. The molecule has 0 spiro atoms. The van der Waals surface area contributed by atoms with E-state index in [1.54, 1.807) is 11.3 Å². The topological polar surface area (TPSA) is 29.3 Å². The molecule has 0 unspecified atom stereocenters. The highest BCUT2D eigenvalue weighted by Crippen LogP contribution is 2.42. The number of benzene rings is 8. The highest BCUT2D eigenvalue weighted by Gasteiger charge is 2.17. The van der Waals surface area contributed by atoms with Gasteiger partial charge >= 0.3 is 0 Å². The number of hydrogen-bond acceptors (Lipinski definition) is 4. The molecule has 0 saturated carbocycles. The lowest BCUT2D eigenvalue weighted by molar-refractivity contribution is 0.669. The third-order valence-electron chi connectivity index (χ3n) is 9.93. The molecule has 10 rings (SSSR count). The lowest BCUT2D eigenvalue weighted by atomic mass is 9.94. The molecule has 2 heterocycles. The SMILES string of the molecule is c1ccc(-c2nc3ccc4oc5cc(-c6ccc(N(c7ccccc7)c7ccc(-c8ccccc8-c8ccccc8)cc7)cc6)ccc5c4c3s2)cc1. The molecule has 3 nitrogen and oxygen atoms in total. The summed E-state index contributed by atoms with van der Waals surface area (Å²) in [7, 11) is 0. The molecule has 0 saturated heterocycles. The zero-order valence-corrected chi connectivity index (χ0v) is 29.5. The van der Waals surface area contributed by atoms with E-state index in [1.807, 2.05) is 12.1 Å². The van der Waals surface area contributed by atoms with E-state index in [1.165, 1.54) is 22.3 Å². The number of para-hydroxylation sites is 1. The van der Waals surface area contributed by atoms with Gasteiger partial charge in [0.05, 0.1) is 10.2 Å². The van der Waals surface area contributed by atoms with Crippen LogP contribution in [0.1, 0.15) is 0 Å². The van der Waals surface area contributed by atoms with Crippen LogP contribution in [0, 0.1) is 0 Å². The Hall–Kier alpha value is -6.75. The predicted molar refractivity (Wildman–Crippen MR) is 223 cm³/mol. The molecule has 4 heteroatoms. The van der Waals surface area contributed by atoms with Crippen molar-refractivity contribution in [3.63, 3.8) is 0 Å². The molecule has 10 aromatic rings. The number of fused-ring (bicyclic) bond motifs is 5. The van der Waals surface area contributed by atoms with Crippen LogP contribution >= 0.6 is 11.3 Å². The molecule has 0 atom stereocenters. The van der Waals surface area contributed by atoms with Gasteiger partial charge in [-0.15, -0.1) is 11.3 Å². The smallest absolute Gasteiger partial charge is 0.137 e. The van der Waals surface area contributed by atoms with Gasteiger partial charge in [-0.25, -0.2) is 4.98 Å². The first-order valence-corrected chi connectivity index (χ1v) is 18.6. The highest BCUT2D eigenvalue weighted by atomic mass is 32.1. The Labute approximate surface area is 311 Å².